The van der Waals surface area contributed by atoms with Crippen LogP contribution in [-0.4, -0.2) is 17.2 Å². The van der Waals surface area contributed by atoms with Gasteiger partial charge in [0, 0.05) is 4.90 Å². The van der Waals surface area contributed by atoms with Gasteiger partial charge in [-0.15, -0.1) is 11.8 Å². The first-order valence-electron chi connectivity index (χ1n) is 5.99. The molecule has 0 heterocycles. The molecular weight excluding hydrogens is 270 g/mol. The van der Waals surface area contributed by atoms with Crippen LogP contribution in [-0.2, 0) is 4.79 Å². The van der Waals surface area contributed by atoms with E-state index in [1.165, 1.54) is 17.8 Å². The lowest BCUT2D eigenvalue weighted by molar-refractivity contribution is -0.122. The highest BCUT2D eigenvalue weighted by Gasteiger charge is 2.24. The molecule has 0 bridgehead atoms. The molecule has 0 saturated carbocycles. The van der Waals surface area contributed by atoms with Crippen LogP contribution in [0.15, 0.2) is 23.1 Å². The van der Waals surface area contributed by atoms with Crippen LogP contribution in [0.4, 0.5) is 8.78 Å². The van der Waals surface area contributed by atoms with E-state index in [9.17, 15) is 13.6 Å². The molecule has 0 aromatic heterocycles. The lowest BCUT2D eigenvalue weighted by Crippen LogP contribution is -2.49. The van der Waals surface area contributed by atoms with Crippen molar-refractivity contribution in [1.29, 1.82) is 0 Å². The van der Waals surface area contributed by atoms with E-state index >= 15 is 0 Å². The summed E-state index contributed by atoms with van der Waals surface area (Å²) in [6.45, 7) is 1.61. The number of unbranched alkanes of at least 4 members (excludes halogenated alkanes) is 1. The highest BCUT2D eigenvalue weighted by Crippen LogP contribution is 2.22. The van der Waals surface area contributed by atoms with Crippen molar-refractivity contribution in [2.45, 2.75) is 36.6 Å². The number of amides is 1. The van der Waals surface area contributed by atoms with E-state index in [1.807, 2.05) is 0 Å². The molecule has 1 aromatic carbocycles. The standard InChI is InChI=1S/C13H18F2N2OS/c1-13(17,12(16)18)6-2-3-7-19-9-4-5-10(14)11(15)8-9/h4-5,8H,2-3,6-7,17H2,1H3,(H2,16,18). The van der Waals surface area contributed by atoms with E-state index in [2.05, 4.69) is 0 Å². The largest absolute Gasteiger partial charge is 0.368 e. The molecular formula is C13H18F2N2OS. The molecule has 19 heavy (non-hydrogen) atoms. The molecule has 0 radical (unpaired) electrons. The first-order chi connectivity index (χ1) is 8.83. The van der Waals surface area contributed by atoms with Crippen LogP contribution in [0.25, 0.3) is 0 Å². The number of benzene rings is 1. The van der Waals surface area contributed by atoms with Gasteiger partial charge in [-0.2, -0.15) is 0 Å². The molecule has 1 rings (SSSR count). The Morgan fingerprint density at radius 2 is 2.00 bits per heavy atom. The molecule has 0 aliphatic carbocycles. The number of hydrogen-bond donors (Lipinski definition) is 2. The number of hydrogen-bond acceptors (Lipinski definition) is 3. The second kappa shape index (κ2) is 6.86. The normalized spacial score (nSPS) is 14.1. The number of nitrogens with two attached hydrogens (primary N) is 2. The first-order valence-corrected chi connectivity index (χ1v) is 6.98. The zero-order valence-corrected chi connectivity index (χ0v) is 11.6. The Morgan fingerprint density at radius 3 is 2.58 bits per heavy atom. The first kappa shape index (κ1) is 15.9. The van der Waals surface area contributed by atoms with Crippen LogP contribution in [0.1, 0.15) is 26.2 Å². The van der Waals surface area contributed by atoms with E-state index in [0.29, 0.717) is 11.3 Å². The van der Waals surface area contributed by atoms with Gasteiger partial charge in [-0.05, 0) is 43.7 Å². The van der Waals surface area contributed by atoms with Gasteiger partial charge in [-0.25, -0.2) is 8.78 Å². The zero-order chi connectivity index (χ0) is 14.5. The van der Waals surface area contributed by atoms with Crippen molar-refractivity contribution >= 4 is 17.7 Å². The van der Waals surface area contributed by atoms with Gasteiger partial charge in [-0.3, -0.25) is 4.79 Å². The summed E-state index contributed by atoms with van der Waals surface area (Å²) in [4.78, 5) is 11.7. The van der Waals surface area contributed by atoms with Crippen molar-refractivity contribution < 1.29 is 13.6 Å². The van der Waals surface area contributed by atoms with Gasteiger partial charge in [0.2, 0.25) is 5.91 Å². The van der Waals surface area contributed by atoms with Gasteiger partial charge in [0.25, 0.3) is 0 Å². The summed E-state index contributed by atoms with van der Waals surface area (Å²) in [5, 5.41) is 0. The van der Waals surface area contributed by atoms with Crippen LogP contribution in [0, 0.1) is 11.6 Å². The maximum atomic E-state index is 12.9. The molecule has 3 nitrogen and oxygen atoms in total. The summed E-state index contributed by atoms with van der Waals surface area (Å²) in [5.41, 5.74) is 9.90. The molecule has 1 atom stereocenters. The number of carbonyl (C=O) groups excluding carboxylic acids is 1. The number of primary amides is 1. The quantitative estimate of drug-likeness (QED) is 0.598. The van der Waals surface area contributed by atoms with E-state index in [1.54, 1.807) is 13.0 Å². The van der Waals surface area contributed by atoms with Crippen LogP contribution in [0.2, 0.25) is 0 Å². The van der Waals surface area contributed by atoms with Crippen molar-refractivity contribution in [3.63, 3.8) is 0 Å². The van der Waals surface area contributed by atoms with Gasteiger partial charge >= 0.3 is 0 Å². The molecule has 1 amide bonds. The van der Waals surface area contributed by atoms with Gasteiger partial charge in [0.1, 0.15) is 0 Å². The van der Waals surface area contributed by atoms with Crippen LogP contribution < -0.4 is 11.5 Å². The molecule has 0 fully saturated rings. The summed E-state index contributed by atoms with van der Waals surface area (Å²) in [6, 6.07) is 3.83. The maximum absolute atomic E-state index is 12.9. The Labute approximate surface area is 115 Å². The SMILES string of the molecule is CC(N)(CCCCSc1ccc(F)c(F)c1)C(N)=O. The number of carbonyl (C=O) groups is 1. The summed E-state index contributed by atoms with van der Waals surface area (Å²) < 4.78 is 25.7. The summed E-state index contributed by atoms with van der Waals surface area (Å²) in [7, 11) is 0. The molecule has 106 valence electrons. The van der Waals surface area contributed by atoms with E-state index in [0.717, 1.165) is 24.7 Å². The van der Waals surface area contributed by atoms with E-state index < -0.39 is 23.1 Å². The van der Waals surface area contributed by atoms with Crippen molar-refractivity contribution in [1.82, 2.24) is 0 Å². The Hall–Kier alpha value is -1.14. The predicted octanol–water partition coefficient (Wildman–Crippen LogP) is 2.43. The summed E-state index contributed by atoms with van der Waals surface area (Å²) in [5.74, 6) is -1.45. The Bertz CT molecular complexity index is 452. The highest BCUT2D eigenvalue weighted by atomic mass is 32.2. The highest BCUT2D eigenvalue weighted by molar-refractivity contribution is 7.99. The Morgan fingerprint density at radius 1 is 1.32 bits per heavy atom. The molecule has 0 aliphatic heterocycles. The molecule has 0 saturated heterocycles. The number of halogens is 2. The van der Waals surface area contributed by atoms with Crippen LogP contribution in [0.5, 0.6) is 0 Å². The van der Waals surface area contributed by atoms with Gasteiger partial charge in [0.05, 0.1) is 5.54 Å². The third kappa shape index (κ3) is 5.16. The smallest absolute Gasteiger partial charge is 0.237 e. The van der Waals surface area contributed by atoms with Crippen LogP contribution >= 0.6 is 11.8 Å². The lowest BCUT2D eigenvalue weighted by Gasteiger charge is -2.19. The van der Waals surface area contributed by atoms with Crippen molar-refractivity contribution in [3.8, 4) is 0 Å². The Balaban J connectivity index is 2.28. The number of thioether (sulfide) groups is 1. The van der Waals surface area contributed by atoms with Crippen LogP contribution in [0.3, 0.4) is 0 Å². The third-order valence-electron chi connectivity index (χ3n) is 2.81. The molecule has 6 heteroatoms. The number of rotatable bonds is 7. The fourth-order valence-corrected chi connectivity index (χ4v) is 2.41. The zero-order valence-electron chi connectivity index (χ0n) is 10.8. The van der Waals surface area contributed by atoms with Crippen molar-refractivity contribution in [2.24, 2.45) is 11.5 Å². The van der Waals surface area contributed by atoms with Crippen molar-refractivity contribution in [2.75, 3.05) is 5.75 Å². The monoisotopic (exact) mass is 288 g/mol. The van der Waals surface area contributed by atoms with E-state index in [4.69, 9.17) is 11.5 Å². The Kier molecular flexibility index (Phi) is 5.75. The molecule has 0 aliphatic rings. The molecule has 0 spiro atoms. The van der Waals surface area contributed by atoms with Gasteiger partial charge in [-0.1, -0.05) is 6.42 Å². The predicted molar refractivity (Wildman–Crippen MR) is 72.7 cm³/mol. The molecule has 1 aromatic rings. The fourth-order valence-electron chi connectivity index (χ4n) is 1.47. The fraction of sp³-hybridized carbons (Fsp3) is 0.462. The average molecular weight is 288 g/mol. The molecule has 1 unspecified atom stereocenters. The average Bonchev–Trinajstić information content (AvgIpc) is 2.33. The third-order valence-corrected chi connectivity index (χ3v) is 3.89. The minimum Gasteiger partial charge on any atom is -0.368 e. The van der Waals surface area contributed by atoms with Gasteiger partial charge < -0.3 is 11.5 Å². The molecule has 4 N–H and O–H groups in total. The summed E-state index contributed by atoms with van der Waals surface area (Å²) >= 11 is 1.44. The van der Waals surface area contributed by atoms with Gasteiger partial charge in [0.15, 0.2) is 11.6 Å². The second-order valence-electron chi connectivity index (χ2n) is 4.66. The van der Waals surface area contributed by atoms with Crippen molar-refractivity contribution in [3.05, 3.63) is 29.8 Å². The second-order valence-corrected chi connectivity index (χ2v) is 5.83. The van der Waals surface area contributed by atoms with E-state index in [-0.39, 0.29) is 0 Å². The summed E-state index contributed by atoms with van der Waals surface area (Å²) in [6.07, 6.45) is 2.09. The lowest BCUT2D eigenvalue weighted by atomic mass is 9.96. The topological polar surface area (TPSA) is 69.1 Å². The maximum Gasteiger partial charge on any atom is 0.237 e. The minimum atomic E-state index is -0.980. The minimum absolute atomic E-state index is 0.513.